The second-order valence-electron chi connectivity index (χ2n) is 5.96. The molecule has 0 aliphatic carbocycles. The fraction of sp³-hybridized carbons (Fsp3) is 0.533. The number of nitrogens with zero attached hydrogens (tertiary/aromatic N) is 1. The molecule has 0 saturated heterocycles. The maximum Gasteiger partial charge on any atom is 0.322 e. The summed E-state index contributed by atoms with van der Waals surface area (Å²) in [5.74, 6) is -3.82. The molecule has 1 rings (SSSR count). The fourth-order valence-electron chi connectivity index (χ4n) is 2.06. The van der Waals surface area contributed by atoms with Crippen molar-refractivity contribution >= 4 is 23.7 Å². The molecule has 0 aromatic carbocycles. The van der Waals surface area contributed by atoms with E-state index in [4.69, 9.17) is 10.8 Å². The van der Waals surface area contributed by atoms with Gasteiger partial charge in [-0.2, -0.15) is 0 Å². The zero-order valence-electron chi connectivity index (χ0n) is 15.1. The normalized spacial score (nSPS) is 15.0. The standard InChI is InChI=1S/C15H24N6O7/c1-7(23)12(16)15(28)21-10(5-22)14(27)20-9(2-8-3-17-6-19-8)13(26)18-4-11(24)25/h3,6-7,9-10,12,22-23H,2,4-5,16H2,1H3,(H,17,19)(H,18,26)(H,20,27)(H,21,28)(H,24,25). The number of H-pyrrole nitrogens is 1. The number of aliphatic hydroxyl groups excluding tert-OH is 2. The van der Waals surface area contributed by atoms with E-state index in [1.165, 1.54) is 19.4 Å². The van der Waals surface area contributed by atoms with Crippen LogP contribution in [-0.4, -0.2) is 86.4 Å². The third kappa shape index (κ3) is 7.30. The summed E-state index contributed by atoms with van der Waals surface area (Å²) in [5, 5.41) is 34.0. The van der Waals surface area contributed by atoms with Gasteiger partial charge in [0, 0.05) is 18.3 Å². The highest BCUT2D eigenvalue weighted by Gasteiger charge is 2.29. The molecule has 28 heavy (non-hydrogen) atoms. The van der Waals surface area contributed by atoms with Gasteiger partial charge in [0.1, 0.15) is 24.7 Å². The molecule has 1 heterocycles. The van der Waals surface area contributed by atoms with E-state index < -0.39 is 61.1 Å². The van der Waals surface area contributed by atoms with Crippen LogP contribution in [0.1, 0.15) is 12.6 Å². The molecule has 0 saturated carbocycles. The number of carbonyl (C=O) groups excluding carboxylic acids is 3. The maximum absolute atomic E-state index is 12.4. The highest BCUT2D eigenvalue weighted by molar-refractivity contribution is 5.93. The maximum atomic E-state index is 12.4. The number of aliphatic carboxylic acids is 1. The van der Waals surface area contributed by atoms with Gasteiger partial charge in [-0.15, -0.1) is 0 Å². The molecule has 3 amide bonds. The highest BCUT2D eigenvalue weighted by Crippen LogP contribution is 2.00. The smallest absolute Gasteiger partial charge is 0.322 e. The molecule has 0 radical (unpaired) electrons. The van der Waals surface area contributed by atoms with Crippen molar-refractivity contribution in [3.63, 3.8) is 0 Å². The van der Waals surface area contributed by atoms with Crippen LogP contribution in [0.3, 0.4) is 0 Å². The van der Waals surface area contributed by atoms with Crippen LogP contribution in [0.5, 0.6) is 0 Å². The first-order chi connectivity index (χ1) is 13.1. The fourth-order valence-corrected chi connectivity index (χ4v) is 2.06. The minimum absolute atomic E-state index is 0.0452. The van der Waals surface area contributed by atoms with Crippen LogP contribution in [-0.2, 0) is 25.6 Å². The number of nitrogens with two attached hydrogens (primary N) is 1. The molecule has 0 aliphatic heterocycles. The molecule has 0 bridgehead atoms. The Hall–Kier alpha value is -3.03. The average molecular weight is 400 g/mol. The number of rotatable bonds is 11. The van der Waals surface area contributed by atoms with Gasteiger partial charge in [0.2, 0.25) is 17.7 Å². The second-order valence-corrected chi connectivity index (χ2v) is 5.96. The summed E-state index contributed by atoms with van der Waals surface area (Å²) < 4.78 is 0. The van der Waals surface area contributed by atoms with Gasteiger partial charge in [0.15, 0.2) is 0 Å². The first kappa shape index (κ1) is 23.0. The van der Waals surface area contributed by atoms with Gasteiger partial charge in [0.05, 0.1) is 19.0 Å². The lowest BCUT2D eigenvalue weighted by molar-refractivity contribution is -0.138. The van der Waals surface area contributed by atoms with E-state index in [1.54, 1.807) is 0 Å². The Morgan fingerprint density at radius 2 is 1.82 bits per heavy atom. The molecule has 4 atom stereocenters. The van der Waals surface area contributed by atoms with E-state index in [0.717, 1.165) is 0 Å². The van der Waals surface area contributed by atoms with Crippen molar-refractivity contribution in [2.75, 3.05) is 13.2 Å². The number of carboxylic acid groups (broad SMARTS) is 1. The number of carboxylic acids is 1. The van der Waals surface area contributed by atoms with Crippen LogP contribution < -0.4 is 21.7 Å². The Kier molecular flexibility index (Phi) is 9.01. The number of amides is 3. The first-order valence-corrected chi connectivity index (χ1v) is 8.27. The molecule has 13 nitrogen and oxygen atoms in total. The predicted molar refractivity (Wildman–Crippen MR) is 93.5 cm³/mol. The monoisotopic (exact) mass is 400 g/mol. The molecule has 0 fully saturated rings. The topological polar surface area (TPSA) is 220 Å². The molecule has 1 aromatic rings. The summed E-state index contributed by atoms with van der Waals surface area (Å²) in [7, 11) is 0. The van der Waals surface area contributed by atoms with E-state index >= 15 is 0 Å². The van der Waals surface area contributed by atoms with Crippen LogP contribution in [0.2, 0.25) is 0 Å². The molecule has 0 aliphatic rings. The number of hydrogen-bond donors (Lipinski definition) is 8. The zero-order chi connectivity index (χ0) is 21.3. The Balaban J connectivity index is 2.82. The van der Waals surface area contributed by atoms with Crippen LogP contribution in [0.15, 0.2) is 12.5 Å². The van der Waals surface area contributed by atoms with E-state index in [2.05, 4.69) is 25.9 Å². The Bertz CT molecular complexity index is 678. The van der Waals surface area contributed by atoms with Gasteiger partial charge in [0.25, 0.3) is 0 Å². The molecule has 4 unspecified atom stereocenters. The molecule has 0 spiro atoms. The van der Waals surface area contributed by atoms with Crippen molar-refractivity contribution in [2.24, 2.45) is 5.73 Å². The van der Waals surface area contributed by atoms with Crippen LogP contribution >= 0.6 is 0 Å². The van der Waals surface area contributed by atoms with Crippen molar-refractivity contribution in [1.29, 1.82) is 0 Å². The lowest BCUT2D eigenvalue weighted by Crippen LogP contribution is -2.58. The van der Waals surface area contributed by atoms with E-state index in [1.807, 2.05) is 0 Å². The van der Waals surface area contributed by atoms with Gasteiger partial charge >= 0.3 is 5.97 Å². The Morgan fingerprint density at radius 3 is 2.32 bits per heavy atom. The van der Waals surface area contributed by atoms with Crippen LogP contribution in [0.4, 0.5) is 0 Å². The number of aromatic nitrogens is 2. The number of aromatic amines is 1. The van der Waals surface area contributed by atoms with Gasteiger partial charge in [-0.1, -0.05) is 0 Å². The second kappa shape index (κ2) is 11.0. The van der Waals surface area contributed by atoms with Gasteiger partial charge in [-0.3, -0.25) is 19.2 Å². The van der Waals surface area contributed by atoms with E-state index in [9.17, 15) is 29.4 Å². The molecule has 13 heteroatoms. The number of nitrogens with one attached hydrogen (secondary N) is 4. The van der Waals surface area contributed by atoms with Crippen molar-refractivity contribution in [3.8, 4) is 0 Å². The van der Waals surface area contributed by atoms with Crippen LogP contribution in [0, 0.1) is 0 Å². The zero-order valence-corrected chi connectivity index (χ0v) is 15.1. The van der Waals surface area contributed by atoms with Crippen LogP contribution in [0.25, 0.3) is 0 Å². The highest BCUT2D eigenvalue weighted by atomic mass is 16.4. The van der Waals surface area contributed by atoms with Gasteiger partial charge in [-0.25, -0.2) is 4.98 Å². The van der Waals surface area contributed by atoms with Gasteiger partial charge in [-0.05, 0) is 6.92 Å². The van der Waals surface area contributed by atoms with Gasteiger partial charge < -0.3 is 42.0 Å². The summed E-state index contributed by atoms with van der Waals surface area (Å²) in [6.45, 7) is -0.166. The Morgan fingerprint density at radius 1 is 1.18 bits per heavy atom. The number of imidazole rings is 1. The molecular weight excluding hydrogens is 376 g/mol. The minimum atomic E-state index is -1.44. The van der Waals surface area contributed by atoms with Crippen molar-refractivity contribution in [3.05, 3.63) is 18.2 Å². The average Bonchev–Trinajstić information content (AvgIpc) is 3.15. The number of carbonyl (C=O) groups is 4. The lowest BCUT2D eigenvalue weighted by atomic mass is 10.1. The predicted octanol–water partition coefficient (Wildman–Crippen LogP) is -4.18. The van der Waals surface area contributed by atoms with Crippen molar-refractivity contribution in [1.82, 2.24) is 25.9 Å². The number of aliphatic hydroxyl groups is 2. The third-order valence-corrected chi connectivity index (χ3v) is 3.66. The largest absolute Gasteiger partial charge is 0.480 e. The summed E-state index contributed by atoms with van der Waals surface area (Å²) in [4.78, 5) is 53.6. The van der Waals surface area contributed by atoms with Crippen molar-refractivity contribution in [2.45, 2.75) is 37.6 Å². The van der Waals surface area contributed by atoms with Crippen molar-refractivity contribution < 1.29 is 34.5 Å². The summed E-state index contributed by atoms with van der Waals surface area (Å²) in [6.07, 6.45) is 1.54. The lowest BCUT2D eigenvalue weighted by Gasteiger charge is -2.23. The first-order valence-electron chi connectivity index (χ1n) is 8.27. The summed E-state index contributed by atoms with van der Waals surface area (Å²) >= 11 is 0. The third-order valence-electron chi connectivity index (χ3n) is 3.66. The minimum Gasteiger partial charge on any atom is -0.480 e. The molecule has 156 valence electrons. The molecule has 1 aromatic heterocycles. The van der Waals surface area contributed by atoms with E-state index in [0.29, 0.717) is 5.69 Å². The number of hydrogen-bond acceptors (Lipinski definition) is 8. The SMILES string of the molecule is CC(O)C(N)C(=O)NC(CO)C(=O)NC(Cc1cnc[nH]1)C(=O)NCC(=O)O. The van der Waals surface area contributed by atoms with E-state index in [-0.39, 0.29) is 6.42 Å². The Labute approximate surface area is 159 Å². The summed E-state index contributed by atoms with van der Waals surface area (Å²) in [5.41, 5.74) is 5.95. The quantitative estimate of drug-likeness (QED) is 0.180. The molecular formula is C15H24N6O7. The molecule has 9 N–H and O–H groups in total. The summed E-state index contributed by atoms with van der Waals surface area (Å²) in [6, 6.07) is -3.96.